The summed E-state index contributed by atoms with van der Waals surface area (Å²) in [7, 11) is 2.02. The summed E-state index contributed by atoms with van der Waals surface area (Å²) >= 11 is 0. The van der Waals surface area contributed by atoms with Gasteiger partial charge in [0.15, 0.2) is 0 Å². The number of phenolic OH excluding ortho intramolecular Hbond substituents is 1. The predicted octanol–water partition coefficient (Wildman–Crippen LogP) is 1.95. The van der Waals surface area contributed by atoms with Gasteiger partial charge in [0.2, 0.25) is 0 Å². The van der Waals surface area contributed by atoms with Crippen LogP contribution in [0.25, 0.3) is 0 Å². The highest BCUT2D eigenvalue weighted by molar-refractivity contribution is 5.38. The van der Waals surface area contributed by atoms with E-state index in [0.717, 1.165) is 31.6 Å². The lowest BCUT2D eigenvalue weighted by molar-refractivity contribution is 0.452. The highest BCUT2D eigenvalue weighted by Gasteiger charge is 2.20. The standard InChI is InChI=1S/C15H19N3O/c1-18-9-8-17-15(18)5-4-14-13-10-12(19)3-2-11(13)6-7-16-14/h2-3,8-10,14,16,19H,4-7H2,1H3. The van der Waals surface area contributed by atoms with Gasteiger partial charge in [0.1, 0.15) is 11.6 Å². The maximum absolute atomic E-state index is 9.66. The molecule has 0 aliphatic carbocycles. The average molecular weight is 257 g/mol. The lowest BCUT2D eigenvalue weighted by Crippen LogP contribution is -2.30. The molecule has 0 amide bonds. The Hall–Kier alpha value is -1.81. The van der Waals surface area contributed by atoms with Gasteiger partial charge in [-0.15, -0.1) is 0 Å². The molecule has 1 aliphatic rings. The van der Waals surface area contributed by atoms with E-state index in [2.05, 4.69) is 14.9 Å². The molecule has 0 saturated carbocycles. The van der Waals surface area contributed by atoms with Crippen molar-refractivity contribution in [3.05, 3.63) is 47.5 Å². The second kappa shape index (κ2) is 5.05. The van der Waals surface area contributed by atoms with Gasteiger partial charge in [0, 0.05) is 31.9 Å². The van der Waals surface area contributed by atoms with Gasteiger partial charge in [-0.2, -0.15) is 0 Å². The Morgan fingerprint density at radius 2 is 2.37 bits per heavy atom. The van der Waals surface area contributed by atoms with Crippen molar-refractivity contribution in [2.75, 3.05) is 6.54 Å². The molecule has 1 aromatic heterocycles. The third-order valence-corrected chi connectivity index (χ3v) is 3.87. The summed E-state index contributed by atoms with van der Waals surface area (Å²) in [5.74, 6) is 1.46. The molecule has 0 spiro atoms. The SMILES string of the molecule is Cn1ccnc1CCC1NCCc2ccc(O)cc21. The number of nitrogens with one attached hydrogen (secondary N) is 1. The van der Waals surface area contributed by atoms with Gasteiger partial charge in [-0.25, -0.2) is 4.98 Å². The molecule has 2 aromatic rings. The Morgan fingerprint density at radius 3 is 3.16 bits per heavy atom. The zero-order valence-electron chi connectivity index (χ0n) is 11.1. The predicted molar refractivity (Wildman–Crippen MR) is 74.1 cm³/mol. The van der Waals surface area contributed by atoms with Crippen LogP contribution < -0.4 is 5.32 Å². The Labute approximate surface area is 113 Å². The summed E-state index contributed by atoms with van der Waals surface area (Å²) in [5, 5.41) is 13.2. The number of fused-ring (bicyclic) bond motifs is 1. The largest absolute Gasteiger partial charge is 0.508 e. The second-order valence-electron chi connectivity index (χ2n) is 5.13. The van der Waals surface area contributed by atoms with Crippen LogP contribution in [0, 0.1) is 0 Å². The summed E-state index contributed by atoms with van der Waals surface area (Å²) in [4.78, 5) is 4.36. The van der Waals surface area contributed by atoms with Crippen molar-refractivity contribution < 1.29 is 5.11 Å². The number of aryl methyl sites for hydroxylation is 2. The van der Waals surface area contributed by atoms with E-state index in [1.165, 1.54) is 11.1 Å². The molecule has 3 rings (SSSR count). The molecule has 100 valence electrons. The fourth-order valence-corrected chi connectivity index (χ4v) is 2.79. The number of aromatic hydroxyl groups is 1. The summed E-state index contributed by atoms with van der Waals surface area (Å²) in [6.07, 6.45) is 6.79. The quantitative estimate of drug-likeness (QED) is 0.883. The molecule has 2 N–H and O–H groups in total. The van der Waals surface area contributed by atoms with Crippen LogP contribution in [0.1, 0.15) is 29.4 Å². The van der Waals surface area contributed by atoms with Gasteiger partial charge in [-0.1, -0.05) is 6.07 Å². The number of hydrogen-bond acceptors (Lipinski definition) is 3. The fraction of sp³-hybridized carbons (Fsp3) is 0.400. The number of aromatic nitrogens is 2. The Balaban J connectivity index is 1.76. The third kappa shape index (κ3) is 2.49. The van der Waals surface area contributed by atoms with E-state index in [1.54, 1.807) is 6.07 Å². The average Bonchev–Trinajstić information content (AvgIpc) is 2.82. The number of benzene rings is 1. The Kier molecular flexibility index (Phi) is 3.25. The molecule has 4 nitrogen and oxygen atoms in total. The van der Waals surface area contributed by atoms with Crippen molar-refractivity contribution in [2.24, 2.45) is 7.05 Å². The maximum atomic E-state index is 9.66. The minimum absolute atomic E-state index is 0.313. The van der Waals surface area contributed by atoms with E-state index < -0.39 is 0 Å². The topological polar surface area (TPSA) is 50.1 Å². The van der Waals surface area contributed by atoms with Crippen LogP contribution >= 0.6 is 0 Å². The van der Waals surface area contributed by atoms with Crippen LogP contribution in [-0.4, -0.2) is 21.2 Å². The minimum atomic E-state index is 0.313. The van der Waals surface area contributed by atoms with Crippen LogP contribution in [0.5, 0.6) is 5.75 Å². The van der Waals surface area contributed by atoms with Crippen LogP contribution in [0.15, 0.2) is 30.6 Å². The van der Waals surface area contributed by atoms with E-state index in [-0.39, 0.29) is 0 Å². The first-order valence-electron chi connectivity index (χ1n) is 6.75. The summed E-state index contributed by atoms with van der Waals surface area (Å²) in [6.45, 7) is 1.00. The van der Waals surface area contributed by atoms with Crippen molar-refractivity contribution >= 4 is 0 Å². The second-order valence-corrected chi connectivity index (χ2v) is 5.13. The minimum Gasteiger partial charge on any atom is -0.508 e. The number of rotatable bonds is 3. The fourth-order valence-electron chi connectivity index (χ4n) is 2.79. The van der Waals surface area contributed by atoms with Crippen molar-refractivity contribution in [3.63, 3.8) is 0 Å². The van der Waals surface area contributed by atoms with E-state index in [0.29, 0.717) is 11.8 Å². The van der Waals surface area contributed by atoms with Crippen LogP contribution in [0.3, 0.4) is 0 Å². The van der Waals surface area contributed by atoms with Crippen molar-refractivity contribution in [1.82, 2.24) is 14.9 Å². The van der Waals surface area contributed by atoms with Crippen LogP contribution in [0.2, 0.25) is 0 Å². The van der Waals surface area contributed by atoms with Crippen molar-refractivity contribution in [1.29, 1.82) is 0 Å². The van der Waals surface area contributed by atoms with Crippen LogP contribution in [0.4, 0.5) is 0 Å². The number of imidazole rings is 1. The van der Waals surface area contributed by atoms with E-state index >= 15 is 0 Å². The van der Waals surface area contributed by atoms with E-state index in [1.807, 2.05) is 31.6 Å². The van der Waals surface area contributed by atoms with Crippen molar-refractivity contribution in [3.8, 4) is 5.75 Å². The molecule has 4 heteroatoms. The van der Waals surface area contributed by atoms with E-state index in [9.17, 15) is 5.11 Å². The molecular formula is C15H19N3O. The van der Waals surface area contributed by atoms with Gasteiger partial charge >= 0.3 is 0 Å². The number of hydrogen-bond donors (Lipinski definition) is 2. The molecule has 0 fully saturated rings. The highest BCUT2D eigenvalue weighted by atomic mass is 16.3. The third-order valence-electron chi connectivity index (χ3n) is 3.87. The molecule has 0 radical (unpaired) electrons. The molecule has 1 atom stereocenters. The van der Waals surface area contributed by atoms with Gasteiger partial charge in [0.25, 0.3) is 0 Å². The molecule has 1 aromatic carbocycles. The normalized spacial score (nSPS) is 18.3. The molecular weight excluding hydrogens is 238 g/mol. The Bertz CT molecular complexity index is 577. The van der Waals surface area contributed by atoms with Gasteiger partial charge in [-0.05, 0) is 42.6 Å². The highest BCUT2D eigenvalue weighted by Crippen LogP contribution is 2.29. The maximum Gasteiger partial charge on any atom is 0.115 e. The summed E-state index contributed by atoms with van der Waals surface area (Å²) < 4.78 is 2.06. The summed E-state index contributed by atoms with van der Waals surface area (Å²) in [5.41, 5.74) is 2.59. The molecule has 0 bridgehead atoms. The monoisotopic (exact) mass is 257 g/mol. The van der Waals surface area contributed by atoms with Crippen LogP contribution in [-0.2, 0) is 19.9 Å². The lowest BCUT2D eigenvalue weighted by atomic mass is 9.91. The number of phenols is 1. The molecule has 19 heavy (non-hydrogen) atoms. The lowest BCUT2D eigenvalue weighted by Gasteiger charge is -2.27. The van der Waals surface area contributed by atoms with Crippen molar-refractivity contribution in [2.45, 2.75) is 25.3 Å². The zero-order chi connectivity index (χ0) is 13.2. The molecule has 1 aliphatic heterocycles. The first-order chi connectivity index (χ1) is 9.24. The molecule has 1 unspecified atom stereocenters. The van der Waals surface area contributed by atoms with E-state index in [4.69, 9.17) is 0 Å². The summed E-state index contributed by atoms with van der Waals surface area (Å²) in [6, 6.07) is 6.02. The molecule has 0 saturated heterocycles. The first-order valence-corrected chi connectivity index (χ1v) is 6.75. The molecule has 2 heterocycles. The smallest absolute Gasteiger partial charge is 0.115 e. The van der Waals surface area contributed by atoms with Gasteiger partial charge < -0.3 is 15.0 Å². The van der Waals surface area contributed by atoms with Gasteiger partial charge in [-0.3, -0.25) is 0 Å². The Morgan fingerprint density at radius 1 is 1.47 bits per heavy atom. The zero-order valence-corrected chi connectivity index (χ0v) is 11.1. The number of nitrogens with zero attached hydrogens (tertiary/aromatic N) is 2. The van der Waals surface area contributed by atoms with Gasteiger partial charge in [0.05, 0.1) is 0 Å². The first kappa shape index (κ1) is 12.2.